The zero-order valence-electron chi connectivity index (χ0n) is 15.0. The number of carbonyl (C=O) groups is 1. The lowest BCUT2D eigenvalue weighted by Crippen LogP contribution is -2.23. The summed E-state index contributed by atoms with van der Waals surface area (Å²) in [6, 6.07) is 11.6. The minimum atomic E-state index is -0.00792. The second-order valence-electron chi connectivity index (χ2n) is 5.35. The average Bonchev–Trinajstić information content (AvgIpc) is 2.67. The van der Waals surface area contributed by atoms with Crippen LogP contribution in [-0.2, 0) is 11.3 Å². The smallest absolute Gasteiger partial charge is 0.221 e. The van der Waals surface area contributed by atoms with Gasteiger partial charge < -0.3 is 19.5 Å². The van der Waals surface area contributed by atoms with Crippen molar-refractivity contribution < 1.29 is 19.0 Å². The van der Waals surface area contributed by atoms with Crippen LogP contribution in [-0.4, -0.2) is 33.0 Å². The van der Waals surface area contributed by atoms with Crippen LogP contribution in [0.3, 0.4) is 0 Å². The molecule has 0 atom stereocenters. The summed E-state index contributed by atoms with van der Waals surface area (Å²) in [6.07, 6.45) is 0.441. The fourth-order valence-corrected chi connectivity index (χ4v) is 3.42. The van der Waals surface area contributed by atoms with E-state index in [1.165, 1.54) is 0 Å². The van der Waals surface area contributed by atoms with E-state index < -0.39 is 0 Å². The number of benzene rings is 2. The Morgan fingerprint density at radius 3 is 2.23 bits per heavy atom. The Morgan fingerprint density at radius 1 is 1.00 bits per heavy atom. The first-order valence-electron chi connectivity index (χ1n) is 8.01. The number of hydrogen-bond acceptors (Lipinski definition) is 5. The molecule has 0 aliphatic carbocycles. The van der Waals surface area contributed by atoms with Gasteiger partial charge in [-0.3, -0.25) is 4.79 Å². The number of methoxy groups -OCH3 is 3. The van der Waals surface area contributed by atoms with Gasteiger partial charge in [0.15, 0.2) is 11.5 Å². The van der Waals surface area contributed by atoms with E-state index in [-0.39, 0.29) is 5.91 Å². The van der Waals surface area contributed by atoms with E-state index in [0.29, 0.717) is 30.2 Å². The zero-order chi connectivity index (χ0) is 18.9. The van der Waals surface area contributed by atoms with Crippen molar-refractivity contribution in [2.24, 2.45) is 0 Å². The van der Waals surface area contributed by atoms with Gasteiger partial charge in [-0.15, -0.1) is 11.8 Å². The summed E-state index contributed by atoms with van der Waals surface area (Å²) in [5.74, 6) is 2.54. The number of amides is 1. The van der Waals surface area contributed by atoms with E-state index in [0.717, 1.165) is 20.7 Å². The molecule has 1 amide bonds. The molecule has 0 fully saturated rings. The van der Waals surface area contributed by atoms with Gasteiger partial charge in [0.1, 0.15) is 5.75 Å². The molecule has 2 aromatic rings. The number of carbonyl (C=O) groups excluding carboxylic acids is 1. The largest absolute Gasteiger partial charge is 0.496 e. The highest BCUT2D eigenvalue weighted by atomic mass is 79.9. The van der Waals surface area contributed by atoms with Gasteiger partial charge in [-0.2, -0.15) is 0 Å². The van der Waals surface area contributed by atoms with E-state index in [1.807, 2.05) is 30.3 Å². The summed E-state index contributed by atoms with van der Waals surface area (Å²) in [4.78, 5) is 13.3. The topological polar surface area (TPSA) is 56.8 Å². The van der Waals surface area contributed by atoms with Crippen molar-refractivity contribution in [3.63, 3.8) is 0 Å². The molecule has 0 aromatic heterocycles. The van der Waals surface area contributed by atoms with E-state index in [1.54, 1.807) is 39.2 Å². The predicted octanol–water partition coefficient (Wildman–Crippen LogP) is 4.27. The molecule has 0 radical (unpaired) electrons. The highest BCUT2D eigenvalue weighted by molar-refractivity contribution is 9.10. The minimum absolute atomic E-state index is 0.00792. The number of ether oxygens (including phenoxy) is 3. The lowest BCUT2D eigenvalue weighted by Gasteiger charge is -2.14. The van der Waals surface area contributed by atoms with Crippen molar-refractivity contribution in [3.8, 4) is 17.2 Å². The van der Waals surface area contributed by atoms with Gasteiger partial charge in [-0.25, -0.2) is 0 Å². The van der Waals surface area contributed by atoms with Crippen LogP contribution in [0.4, 0.5) is 0 Å². The summed E-state index contributed by atoms with van der Waals surface area (Å²) in [7, 11) is 4.73. The quantitative estimate of drug-likeness (QED) is 0.591. The number of hydrogen-bond donors (Lipinski definition) is 1. The molecule has 7 heteroatoms. The molecule has 0 unspecified atom stereocenters. The van der Waals surface area contributed by atoms with Crippen molar-refractivity contribution in [2.45, 2.75) is 17.9 Å². The number of halogens is 1. The first-order chi connectivity index (χ1) is 12.6. The molecule has 2 aromatic carbocycles. The van der Waals surface area contributed by atoms with E-state index in [4.69, 9.17) is 14.2 Å². The Bertz CT molecular complexity index is 737. The maximum atomic E-state index is 12.1. The van der Waals surface area contributed by atoms with Crippen LogP contribution in [0.25, 0.3) is 0 Å². The predicted molar refractivity (Wildman–Crippen MR) is 107 cm³/mol. The van der Waals surface area contributed by atoms with Crippen LogP contribution in [0.5, 0.6) is 17.2 Å². The van der Waals surface area contributed by atoms with Gasteiger partial charge in [0.2, 0.25) is 5.91 Å². The summed E-state index contributed by atoms with van der Waals surface area (Å²) >= 11 is 5.06. The molecule has 0 aliphatic heterocycles. The van der Waals surface area contributed by atoms with Crippen molar-refractivity contribution in [1.82, 2.24) is 5.32 Å². The zero-order valence-corrected chi connectivity index (χ0v) is 17.4. The highest BCUT2D eigenvalue weighted by Gasteiger charge is 2.12. The van der Waals surface area contributed by atoms with Gasteiger partial charge in [-0.05, 0) is 30.3 Å². The summed E-state index contributed by atoms with van der Waals surface area (Å²) < 4.78 is 17.0. The number of nitrogens with one attached hydrogen (secondary N) is 1. The van der Waals surface area contributed by atoms with Crippen molar-refractivity contribution in [3.05, 3.63) is 46.4 Å². The maximum absolute atomic E-state index is 12.1. The highest BCUT2D eigenvalue weighted by Crippen LogP contribution is 2.34. The SMILES string of the molecule is COc1cc(OC)c(OC)cc1CNC(=O)CCSc1ccc(Br)cc1. The molecule has 0 heterocycles. The molecular weight excluding hydrogens is 418 g/mol. The molecule has 0 saturated carbocycles. The Morgan fingerprint density at radius 2 is 1.62 bits per heavy atom. The van der Waals surface area contributed by atoms with Crippen LogP contribution >= 0.6 is 27.7 Å². The van der Waals surface area contributed by atoms with Crippen LogP contribution < -0.4 is 19.5 Å². The molecule has 0 bridgehead atoms. The summed E-state index contributed by atoms with van der Waals surface area (Å²) in [5.41, 5.74) is 0.832. The molecule has 26 heavy (non-hydrogen) atoms. The fourth-order valence-electron chi connectivity index (χ4n) is 2.31. The Kier molecular flexibility index (Phi) is 8.12. The van der Waals surface area contributed by atoms with Crippen LogP contribution in [0, 0.1) is 0 Å². The first kappa shape index (κ1) is 20.5. The van der Waals surface area contributed by atoms with Gasteiger partial charge in [0, 0.05) is 39.7 Å². The standard InChI is InChI=1S/C19H22BrNO4S/c1-23-16-11-18(25-3)17(24-2)10-13(16)12-21-19(22)8-9-26-15-6-4-14(20)5-7-15/h4-7,10-11H,8-9,12H2,1-3H3,(H,21,22). The molecule has 1 N–H and O–H groups in total. The van der Waals surface area contributed by atoms with Crippen LogP contribution in [0.2, 0.25) is 0 Å². The third-order valence-electron chi connectivity index (χ3n) is 3.67. The number of thioether (sulfide) groups is 1. The van der Waals surface area contributed by atoms with E-state index >= 15 is 0 Å². The fraction of sp³-hybridized carbons (Fsp3) is 0.316. The molecule has 2 rings (SSSR count). The molecular formula is C19H22BrNO4S. The molecule has 0 aliphatic rings. The normalized spacial score (nSPS) is 10.3. The van der Waals surface area contributed by atoms with Crippen molar-refractivity contribution >= 4 is 33.6 Å². The first-order valence-corrected chi connectivity index (χ1v) is 9.79. The molecule has 140 valence electrons. The number of rotatable bonds is 9. The Labute approximate surface area is 166 Å². The minimum Gasteiger partial charge on any atom is -0.496 e. The van der Waals surface area contributed by atoms with Gasteiger partial charge in [0.25, 0.3) is 0 Å². The van der Waals surface area contributed by atoms with Gasteiger partial charge >= 0.3 is 0 Å². The van der Waals surface area contributed by atoms with Crippen molar-refractivity contribution in [2.75, 3.05) is 27.1 Å². The monoisotopic (exact) mass is 439 g/mol. The lowest BCUT2D eigenvalue weighted by atomic mass is 10.1. The van der Waals surface area contributed by atoms with Gasteiger partial charge in [0.05, 0.1) is 21.3 Å². The Hall–Kier alpha value is -1.86. The third-order valence-corrected chi connectivity index (χ3v) is 5.22. The third kappa shape index (κ3) is 5.85. The summed E-state index contributed by atoms with van der Waals surface area (Å²) in [5, 5.41) is 2.92. The van der Waals surface area contributed by atoms with E-state index in [9.17, 15) is 4.79 Å². The van der Waals surface area contributed by atoms with Crippen LogP contribution in [0.1, 0.15) is 12.0 Å². The second kappa shape index (κ2) is 10.3. The molecule has 5 nitrogen and oxygen atoms in total. The maximum Gasteiger partial charge on any atom is 0.221 e. The van der Waals surface area contributed by atoms with E-state index in [2.05, 4.69) is 21.2 Å². The summed E-state index contributed by atoms with van der Waals surface area (Å²) in [6.45, 7) is 0.366. The molecule has 0 spiro atoms. The van der Waals surface area contributed by atoms with Crippen molar-refractivity contribution in [1.29, 1.82) is 0 Å². The average molecular weight is 440 g/mol. The second-order valence-corrected chi connectivity index (χ2v) is 7.43. The Balaban J connectivity index is 1.87. The molecule has 0 saturated heterocycles. The van der Waals surface area contributed by atoms with Gasteiger partial charge in [-0.1, -0.05) is 15.9 Å². The van der Waals surface area contributed by atoms with Crippen LogP contribution in [0.15, 0.2) is 45.8 Å². The lowest BCUT2D eigenvalue weighted by molar-refractivity contribution is -0.120.